The Kier molecular flexibility index (Phi) is 4.90. The molecular weight excluding hydrogens is 305 g/mol. The predicted molar refractivity (Wildman–Crippen MR) is 72.3 cm³/mol. The molecule has 0 amide bonds. The van der Waals surface area contributed by atoms with Gasteiger partial charge in [-0.05, 0) is 44.0 Å². The van der Waals surface area contributed by atoms with Crippen LogP contribution in [0.15, 0.2) is 29.2 Å². The van der Waals surface area contributed by atoms with Crippen LogP contribution in [0, 0.1) is 0 Å². The second-order valence-corrected chi connectivity index (χ2v) is 6.77. The fourth-order valence-electron chi connectivity index (χ4n) is 2.29. The van der Waals surface area contributed by atoms with Gasteiger partial charge in [-0.1, -0.05) is 6.07 Å². The monoisotopic (exact) mass is 322 g/mol. The number of sulfonamides is 1. The van der Waals surface area contributed by atoms with Crippen LogP contribution in [-0.4, -0.2) is 27.5 Å². The first-order valence-electron chi connectivity index (χ1n) is 6.69. The lowest BCUT2D eigenvalue weighted by atomic mass is 10.2. The van der Waals surface area contributed by atoms with E-state index >= 15 is 0 Å². The van der Waals surface area contributed by atoms with Crippen LogP contribution in [0.5, 0.6) is 0 Å². The molecule has 118 valence electrons. The summed E-state index contributed by atoms with van der Waals surface area (Å²) >= 11 is 0. The van der Waals surface area contributed by atoms with Gasteiger partial charge in [0.2, 0.25) is 10.0 Å². The Hall–Kier alpha value is -1.12. The summed E-state index contributed by atoms with van der Waals surface area (Å²) in [6, 6.07) is 4.02. The molecule has 0 bridgehead atoms. The third-order valence-corrected chi connectivity index (χ3v) is 4.88. The Morgan fingerprint density at radius 2 is 2.10 bits per heavy atom. The molecule has 1 aliphatic heterocycles. The molecule has 1 saturated heterocycles. The molecule has 0 unspecified atom stereocenters. The third kappa shape index (κ3) is 4.42. The molecule has 0 radical (unpaired) electrons. The summed E-state index contributed by atoms with van der Waals surface area (Å²) in [6.45, 7) is 1.13. The van der Waals surface area contributed by atoms with Gasteiger partial charge in [-0.2, -0.15) is 13.2 Å². The van der Waals surface area contributed by atoms with E-state index < -0.39 is 21.8 Å². The summed E-state index contributed by atoms with van der Waals surface area (Å²) in [5.74, 6) is 0. The maximum Gasteiger partial charge on any atom is 0.416 e. The number of nitrogens with one attached hydrogen (secondary N) is 2. The van der Waals surface area contributed by atoms with Crippen LogP contribution in [-0.2, 0) is 16.2 Å². The second kappa shape index (κ2) is 6.33. The molecule has 1 aromatic carbocycles. The minimum Gasteiger partial charge on any atom is -0.314 e. The van der Waals surface area contributed by atoms with Gasteiger partial charge in [-0.15, -0.1) is 0 Å². The minimum absolute atomic E-state index is 0.205. The van der Waals surface area contributed by atoms with Crippen molar-refractivity contribution in [1.29, 1.82) is 0 Å². The standard InChI is InChI=1S/C13H17F3N2O2S/c14-13(15,16)10-3-1-5-12(9-10)21(19,20)18-8-6-11-4-2-7-17-11/h1,3,5,9,11,17-18H,2,4,6-8H2/t11-/m1/s1. The SMILES string of the molecule is O=S(=O)(NCC[C@H]1CCCN1)c1cccc(C(F)(F)F)c1. The number of hydrogen-bond acceptors (Lipinski definition) is 3. The molecule has 0 aliphatic carbocycles. The molecule has 2 N–H and O–H groups in total. The second-order valence-electron chi connectivity index (χ2n) is 5.01. The van der Waals surface area contributed by atoms with Gasteiger partial charge in [-0.25, -0.2) is 13.1 Å². The van der Waals surface area contributed by atoms with E-state index in [2.05, 4.69) is 10.0 Å². The van der Waals surface area contributed by atoms with Crippen molar-refractivity contribution in [2.45, 2.75) is 36.4 Å². The molecular formula is C13H17F3N2O2S. The highest BCUT2D eigenvalue weighted by Crippen LogP contribution is 2.30. The Balaban J connectivity index is 2.01. The average Bonchev–Trinajstić information content (AvgIpc) is 2.91. The van der Waals surface area contributed by atoms with E-state index in [1.807, 2.05) is 0 Å². The zero-order valence-corrected chi connectivity index (χ0v) is 12.1. The van der Waals surface area contributed by atoms with Gasteiger partial charge in [0.1, 0.15) is 0 Å². The largest absolute Gasteiger partial charge is 0.416 e. The van der Waals surface area contributed by atoms with Gasteiger partial charge in [0, 0.05) is 12.6 Å². The summed E-state index contributed by atoms with van der Waals surface area (Å²) in [5.41, 5.74) is -0.970. The third-order valence-electron chi connectivity index (χ3n) is 3.42. The van der Waals surface area contributed by atoms with Crippen molar-refractivity contribution in [3.05, 3.63) is 29.8 Å². The van der Waals surface area contributed by atoms with Crippen LogP contribution in [0.2, 0.25) is 0 Å². The molecule has 1 fully saturated rings. The normalized spacial score (nSPS) is 19.9. The summed E-state index contributed by atoms with van der Waals surface area (Å²) in [7, 11) is -3.91. The number of alkyl halides is 3. The van der Waals surface area contributed by atoms with Gasteiger partial charge in [-0.3, -0.25) is 0 Å². The lowest BCUT2D eigenvalue weighted by Gasteiger charge is -2.12. The molecule has 0 spiro atoms. The predicted octanol–water partition coefficient (Wildman–Crippen LogP) is 2.13. The maximum absolute atomic E-state index is 12.6. The van der Waals surface area contributed by atoms with Crippen LogP contribution in [0.1, 0.15) is 24.8 Å². The molecule has 0 saturated carbocycles. The average molecular weight is 322 g/mol. The Bertz CT molecular complexity index is 581. The van der Waals surface area contributed by atoms with Crippen molar-refractivity contribution in [1.82, 2.24) is 10.0 Å². The van der Waals surface area contributed by atoms with E-state index in [1.54, 1.807) is 0 Å². The zero-order valence-electron chi connectivity index (χ0n) is 11.3. The Labute approximate surface area is 121 Å². The zero-order chi connectivity index (χ0) is 15.5. The van der Waals surface area contributed by atoms with E-state index in [1.165, 1.54) is 0 Å². The number of hydrogen-bond donors (Lipinski definition) is 2. The highest BCUT2D eigenvalue weighted by atomic mass is 32.2. The maximum atomic E-state index is 12.6. The van der Waals surface area contributed by atoms with Gasteiger partial charge < -0.3 is 5.32 Å². The molecule has 21 heavy (non-hydrogen) atoms. The van der Waals surface area contributed by atoms with Crippen LogP contribution in [0.3, 0.4) is 0 Å². The Morgan fingerprint density at radius 1 is 1.33 bits per heavy atom. The molecule has 1 atom stereocenters. The smallest absolute Gasteiger partial charge is 0.314 e. The summed E-state index contributed by atoms with van der Waals surface area (Å²) in [6.07, 6.45) is -1.88. The molecule has 1 heterocycles. The summed E-state index contributed by atoms with van der Waals surface area (Å²) in [4.78, 5) is -0.364. The van der Waals surface area contributed by atoms with Gasteiger partial charge in [0.25, 0.3) is 0 Å². The van der Waals surface area contributed by atoms with Gasteiger partial charge in [0.05, 0.1) is 10.5 Å². The van der Waals surface area contributed by atoms with Crippen LogP contribution in [0.25, 0.3) is 0 Å². The highest BCUT2D eigenvalue weighted by molar-refractivity contribution is 7.89. The van der Waals surface area contributed by atoms with Crippen molar-refractivity contribution >= 4 is 10.0 Å². The van der Waals surface area contributed by atoms with Crippen molar-refractivity contribution in [2.75, 3.05) is 13.1 Å². The van der Waals surface area contributed by atoms with E-state index in [0.717, 1.165) is 37.6 Å². The van der Waals surface area contributed by atoms with Crippen LogP contribution < -0.4 is 10.0 Å². The molecule has 4 nitrogen and oxygen atoms in total. The first kappa shape index (κ1) is 16.3. The highest BCUT2D eigenvalue weighted by Gasteiger charge is 2.31. The lowest BCUT2D eigenvalue weighted by molar-refractivity contribution is -0.137. The summed E-state index contributed by atoms with van der Waals surface area (Å²) < 4.78 is 64.1. The van der Waals surface area contributed by atoms with Crippen LogP contribution in [0.4, 0.5) is 13.2 Å². The first-order chi connectivity index (χ1) is 9.79. The topological polar surface area (TPSA) is 58.2 Å². The lowest BCUT2D eigenvalue weighted by Crippen LogP contribution is -2.30. The van der Waals surface area contributed by atoms with E-state index in [4.69, 9.17) is 0 Å². The fourth-order valence-corrected chi connectivity index (χ4v) is 3.39. The van der Waals surface area contributed by atoms with Crippen molar-refractivity contribution in [3.63, 3.8) is 0 Å². The Morgan fingerprint density at radius 3 is 2.71 bits per heavy atom. The molecule has 1 aromatic rings. The van der Waals surface area contributed by atoms with Crippen LogP contribution >= 0.6 is 0 Å². The fraction of sp³-hybridized carbons (Fsp3) is 0.538. The van der Waals surface area contributed by atoms with Crippen molar-refractivity contribution in [2.24, 2.45) is 0 Å². The molecule has 2 rings (SSSR count). The molecule has 1 aliphatic rings. The van der Waals surface area contributed by atoms with E-state index in [0.29, 0.717) is 12.5 Å². The van der Waals surface area contributed by atoms with Crippen molar-refractivity contribution in [3.8, 4) is 0 Å². The van der Waals surface area contributed by atoms with Crippen molar-refractivity contribution < 1.29 is 21.6 Å². The van der Waals surface area contributed by atoms with Gasteiger partial charge in [0.15, 0.2) is 0 Å². The van der Waals surface area contributed by atoms with Gasteiger partial charge >= 0.3 is 6.18 Å². The number of rotatable bonds is 5. The number of halogens is 3. The van der Waals surface area contributed by atoms with E-state index in [9.17, 15) is 21.6 Å². The molecule has 8 heteroatoms. The summed E-state index contributed by atoms with van der Waals surface area (Å²) in [5, 5.41) is 3.23. The van der Waals surface area contributed by atoms with E-state index in [-0.39, 0.29) is 17.5 Å². The molecule has 0 aromatic heterocycles. The number of benzene rings is 1. The minimum atomic E-state index is -4.56. The quantitative estimate of drug-likeness (QED) is 0.873. The first-order valence-corrected chi connectivity index (χ1v) is 8.18.